The maximum absolute atomic E-state index is 4.57. The van der Waals surface area contributed by atoms with E-state index in [0.717, 1.165) is 41.8 Å². The van der Waals surface area contributed by atoms with Crippen LogP contribution in [0.5, 0.6) is 0 Å². The zero-order valence-corrected chi connectivity index (χ0v) is 16.6. The molecule has 1 aliphatic carbocycles. The summed E-state index contributed by atoms with van der Waals surface area (Å²) in [4.78, 5) is 14.1. The summed E-state index contributed by atoms with van der Waals surface area (Å²) < 4.78 is 0. The van der Waals surface area contributed by atoms with Gasteiger partial charge in [-0.2, -0.15) is 0 Å². The molecule has 1 atom stereocenters. The van der Waals surface area contributed by atoms with Gasteiger partial charge in [0.1, 0.15) is 17.0 Å². The molecule has 136 valence electrons. The van der Waals surface area contributed by atoms with Crippen molar-refractivity contribution in [3.8, 4) is 0 Å². The normalized spacial score (nSPS) is 16.5. The fourth-order valence-corrected chi connectivity index (χ4v) is 5.20. The molecule has 1 aliphatic rings. The van der Waals surface area contributed by atoms with Crippen molar-refractivity contribution in [3.05, 3.63) is 41.0 Å². The smallest absolute Gasteiger partial charge is 0.142 e. The van der Waals surface area contributed by atoms with Gasteiger partial charge in [0, 0.05) is 29.3 Å². The molecule has 4 nitrogen and oxygen atoms in total. The lowest BCUT2D eigenvalue weighted by Crippen LogP contribution is -2.21. The monoisotopic (exact) mass is 366 g/mol. The van der Waals surface area contributed by atoms with Gasteiger partial charge in [0.05, 0.1) is 5.39 Å². The van der Waals surface area contributed by atoms with E-state index in [2.05, 4.69) is 65.2 Å². The standard InChI is InChI=1S/C21H26N4S/c1-4-25(5-2)16-9-7-15(8-10-16)24-20-19-17-11-6-14(3)12-18(17)26-21(19)23-13-22-20/h7-10,13-14H,4-6,11-12H2,1-3H3,(H,22,23,24). The van der Waals surface area contributed by atoms with Crippen LogP contribution in [-0.4, -0.2) is 23.1 Å². The Kier molecular flexibility index (Phi) is 4.81. The van der Waals surface area contributed by atoms with Crippen molar-refractivity contribution in [1.82, 2.24) is 9.97 Å². The minimum Gasteiger partial charge on any atom is -0.372 e. The van der Waals surface area contributed by atoms with Crippen molar-refractivity contribution in [2.24, 2.45) is 5.92 Å². The van der Waals surface area contributed by atoms with Crippen LogP contribution >= 0.6 is 11.3 Å². The number of aryl methyl sites for hydroxylation is 1. The summed E-state index contributed by atoms with van der Waals surface area (Å²) in [7, 11) is 0. The number of nitrogens with zero attached hydrogens (tertiary/aromatic N) is 3. The summed E-state index contributed by atoms with van der Waals surface area (Å²) in [6.45, 7) is 8.77. The Morgan fingerprint density at radius 2 is 1.92 bits per heavy atom. The predicted molar refractivity (Wildman–Crippen MR) is 112 cm³/mol. The molecular weight excluding hydrogens is 340 g/mol. The molecule has 1 N–H and O–H groups in total. The van der Waals surface area contributed by atoms with Crippen LogP contribution in [0.25, 0.3) is 10.2 Å². The third kappa shape index (κ3) is 3.16. The molecule has 0 radical (unpaired) electrons. The minimum atomic E-state index is 0.771. The Balaban J connectivity index is 1.65. The van der Waals surface area contributed by atoms with Crippen molar-refractivity contribution in [1.29, 1.82) is 0 Å². The van der Waals surface area contributed by atoms with E-state index in [0.29, 0.717) is 0 Å². The largest absolute Gasteiger partial charge is 0.372 e. The zero-order valence-electron chi connectivity index (χ0n) is 15.7. The summed E-state index contributed by atoms with van der Waals surface area (Å²) in [5, 5.41) is 4.76. The average molecular weight is 367 g/mol. The summed E-state index contributed by atoms with van der Waals surface area (Å²) in [6, 6.07) is 8.64. The Morgan fingerprint density at radius 3 is 2.65 bits per heavy atom. The van der Waals surface area contributed by atoms with Crippen LogP contribution < -0.4 is 10.2 Å². The highest BCUT2D eigenvalue weighted by Crippen LogP contribution is 2.40. The molecule has 0 spiro atoms. The van der Waals surface area contributed by atoms with E-state index >= 15 is 0 Å². The molecule has 2 aromatic heterocycles. The molecule has 1 unspecified atom stereocenters. The first-order chi connectivity index (χ1) is 12.7. The lowest BCUT2D eigenvalue weighted by molar-refractivity contribution is 0.509. The highest BCUT2D eigenvalue weighted by molar-refractivity contribution is 7.19. The highest BCUT2D eigenvalue weighted by atomic mass is 32.1. The SMILES string of the molecule is CCN(CC)c1ccc(Nc2ncnc3sc4c(c23)CCC(C)C4)cc1. The molecule has 5 heteroatoms. The van der Waals surface area contributed by atoms with Gasteiger partial charge in [0.2, 0.25) is 0 Å². The van der Waals surface area contributed by atoms with Gasteiger partial charge < -0.3 is 10.2 Å². The van der Waals surface area contributed by atoms with Crippen LogP contribution in [0.4, 0.5) is 17.2 Å². The van der Waals surface area contributed by atoms with E-state index in [1.54, 1.807) is 6.33 Å². The topological polar surface area (TPSA) is 41.0 Å². The lowest BCUT2D eigenvalue weighted by atomic mass is 9.89. The molecule has 0 saturated carbocycles. The van der Waals surface area contributed by atoms with Crippen molar-refractivity contribution in [2.75, 3.05) is 23.3 Å². The Bertz CT molecular complexity index is 896. The molecule has 26 heavy (non-hydrogen) atoms. The summed E-state index contributed by atoms with van der Waals surface area (Å²) in [6.07, 6.45) is 5.25. The highest BCUT2D eigenvalue weighted by Gasteiger charge is 2.23. The average Bonchev–Trinajstić information content (AvgIpc) is 3.02. The molecule has 0 aliphatic heterocycles. The van der Waals surface area contributed by atoms with Gasteiger partial charge in [-0.3, -0.25) is 0 Å². The fraction of sp³-hybridized carbons (Fsp3) is 0.429. The molecular formula is C21H26N4S. The second kappa shape index (κ2) is 7.23. The number of nitrogens with one attached hydrogen (secondary N) is 1. The number of hydrogen-bond donors (Lipinski definition) is 1. The maximum atomic E-state index is 4.57. The van der Waals surface area contributed by atoms with Gasteiger partial charge in [0.25, 0.3) is 0 Å². The van der Waals surface area contributed by atoms with Crippen LogP contribution in [0.1, 0.15) is 37.6 Å². The first-order valence-electron chi connectivity index (χ1n) is 9.56. The van der Waals surface area contributed by atoms with Crippen molar-refractivity contribution >= 4 is 38.7 Å². The Hall–Kier alpha value is -2.14. The van der Waals surface area contributed by atoms with Gasteiger partial charge in [-0.1, -0.05) is 6.92 Å². The third-order valence-electron chi connectivity index (χ3n) is 5.35. The first kappa shape index (κ1) is 17.3. The molecule has 3 aromatic rings. The summed E-state index contributed by atoms with van der Waals surface area (Å²) >= 11 is 1.84. The molecule has 4 rings (SSSR count). The van der Waals surface area contributed by atoms with E-state index in [1.165, 1.54) is 34.4 Å². The number of thiophene rings is 1. The molecule has 1 aromatic carbocycles. The minimum absolute atomic E-state index is 0.771. The number of rotatable bonds is 5. The second-order valence-electron chi connectivity index (χ2n) is 7.10. The van der Waals surface area contributed by atoms with Gasteiger partial charge >= 0.3 is 0 Å². The molecule has 0 bridgehead atoms. The molecule has 0 saturated heterocycles. The third-order valence-corrected chi connectivity index (χ3v) is 6.51. The van der Waals surface area contributed by atoms with E-state index < -0.39 is 0 Å². The Labute approximate surface area is 159 Å². The molecule has 0 fully saturated rings. The van der Waals surface area contributed by atoms with Crippen LogP contribution in [-0.2, 0) is 12.8 Å². The van der Waals surface area contributed by atoms with Crippen LogP contribution in [0.2, 0.25) is 0 Å². The lowest BCUT2D eigenvalue weighted by Gasteiger charge is -2.21. The van der Waals surface area contributed by atoms with Crippen molar-refractivity contribution < 1.29 is 0 Å². The van der Waals surface area contributed by atoms with E-state index in [-0.39, 0.29) is 0 Å². The van der Waals surface area contributed by atoms with Gasteiger partial charge in [-0.05, 0) is 68.9 Å². The van der Waals surface area contributed by atoms with Crippen molar-refractivity contribution in [3.63, 3.8) is 0 Å². The predicted octanol–water partition coefficient (Wildman–Crippen LogP) is 5.41. The maximum Gasteiger partial charge on any atom is 0.142 e. The number of anilines is 3. The number of hydrogen-bond acceptors (Lipinski definition) is 5. The van der Waals surface area contributed by atoms with Crippen LogP contribution in [0.3, 0.4) is 0 Å². The van der Waals surface area contributed by atoms with Crippen molar-refractivity contribution in [2.45, 2.75) is 40.0 Å². The van der Waals surface area contributed by atoms with Gasteiger partial charge in [-0.15, -0.1) is 11.3 Å². The van der Waals surface area contributed by atoms with E-state index in [1.807, 2.05) is 11.3 Å². The van der Waals surface area contributed by atoms with Crippen LogP contribution in [0.15, 0.2) is 30.6 Å². The Morgan fingerprint density at radius 1 is 1.15 bits per heavy atom. The molecule has 2 heterocycles. The quantitative estimate of drug-likeness (QED) is 0.656. The first-order valence-corrected chi connectivity index (χ1v) is 10.4. The number of aromatic nitrogens is 2. The zero-order chi connectivity index (χ0) is 18.1. The summed E-state index contributed by atoms with van der Waals surface area (Å²) in [5.74, 6) is 1.71. The fourth-order valence-electron chi connectivity index (χ4n) is 3.85. The van der Waals surface area contributed by atoms with Gasteiger partial charge in [-0.25, -0.2) is 9.97 Å². The number of fused-ring (bicyclic) bond motifs is 3. The summed E-state index contributed by atoms with van der Waals surface area (Å²) in [5.41, 5.74) is 3.80. The molecule has 0 amide bonds. The second-order valence-corrected chi connectivity index (χ2v) is 8.18. The van der Waals surface area contributed by atoms with E-state index in [4.69, 9.17) is 0 Å². The van der Waals surface area contributed by atoms with Crippen LogP contribution in [0, 0.1) is 5.92 Å². The van der Waals surface area contributed by atoms with Gasteiger partial charge in [0.15, 0.2) is 0 Å². The van der Waals surface area contributed by atoms with E-state index in [9.17, 15) is 0 Å². The number of benzene rings is 1.